The summed E-state index contributed by atoms with van der Waals surface area (Å²) in [5.41, 5.74) is 1.90. The van der Waals surface area contributed by atoms with Crippen LogP contribution in [-0.2, 0) is 20.2 Å². The smallest absolute Gasteiger partial charge is 0.387 e. The molecule has 1 aromatic rings. The van der Waals surface area contributed by atoms with Crippen LogP contribution in [-0.4, -0.2) is 31.4 Å². The van der Waals surface area contributed by atoms with Crippen LogP contribution in [0.3, 0.4) is 0 Å². The summed E-state index contributed by atoms with van der Waals surface area (Å²) in [5, 5.41) is 0. The predicted octanol–water partition coefficient (Wildman–Crippen LogP) is 4.25. The fourth-order valence-corrected chi connectivity index (χ4v) is 4.51. The molecular weight excluding hydrogens is 320 g/mol. The summed E-state index contributed by atoms with van der Waals surface area (Å²) in [6.45, 7) is 12.6. The lowest BCUT2D eigenvalue weighted by Gasteiger charge is -2.34. The largest absolute Gasteiger partial charge is 0.527 e. The van der Waals surface area contributed by atoms with Crippen molar-refractivity contribution in [2.24, 2.45) is 0 Å². The maximum absolute atomic E-state index is 10.8. The summed E-state index contributed by atoms with van der Waals surface area (Å²) in [5.74, 6) is 0. The van der Waals surface area contributed by atoms with Gasteiger partial charge >= 0.3 is 8.80 Å². The zero-order valence-corrected chi connectivity index (χ0v) is 16.8. The van der Waals surface area contributed by atoms with E-state index < -0.39 is 20.0 Å². The second kappa shape index (κ2) is 8.92. The Bertz CT molecular complexity index is 484. The van der Waals surface area contributed by atoms with E-state index in [1.54, 1.807) is 5.70 Å². The first-order valence-corrected chi connectivity index (χ1v) is 10.3. The fraction of sp³-hybridized carbons (Fsp3) is 0.579. The molecule has 0 aromatic heterocycles. The monoisotopic (exact) mass is 352 g/mol. The number of hydrogen-bond donors (Lipinski definition) is 1. The van der Waals surface area contributed by atoms with Gasteiger partial charge in [-0.1, -0.05) is 36.4 Å². The van der Waals surface area contributed by atoms with Crippen molar-refractivity contribution in [1.82, 2.24) is 0 Å². The van der Waals surface area contributed by atoms with Crippen molar-refractivity contribution in [2.75, 3.05) is 6.61 Å². The predicted molar refractivity (Wildman–Crippen MR) is 99.5 cm³/mol. The van der Waals surface area contributed by atoms with Gasteiger partial charge < -0.3 is 18.4 Å². The van der Waals surface area contributed by atoms with Gasteiger partial charge in [-0.2, -0.15) is 0 Å². The van der Waals surface area contributed by atoms with Gasteiger partial charge in [-0.05, 0) is 59.2 Å². The van der Waals surface area contributed by atoms with Crippen LogP contribution in [0.15, 0.2) is 42.1 Å². The Labute approximate surface area is 147 Å². The molecule has 0 saturated heterocycles. The topological polar surface area (TPSA) is 47.9 Å². The Kier molecular flexibility index (Phi) is 7.83. The summed E-state index contributed by atoms with van der Waals surface area (Å²) in [6, 6.07) is 10.1. The second-order valence-corrected chi connectivity index (χ2v) is 9.79. The van der Waals surface area contributed by atoms with Gasteiger partial charge in [0.25, 0.3) is 0 Å². The first-order valence-electron chi connectivity index (χ1n) is 8.41. The number of rotatable bonds is 8. The van der Waals surface area contributed by atoms with E-state index in [4.69, 9.17) is 13.6 Å². The van der Waals surface area contributed by atoms with E-state index in [9.17, 15) is 4.80 Å². The van der Waals surface area contributed by atoms with E-state index in [2.05, 4.69) is 0 Å². The molecule has 0 radical (unpaired) electrons. The minimum Gasteiger partial charge on any atom is -0.387 e. The quantitative estimate of drug-likeness (QED) is 0.561. The van der Waals surface area contributed by atoms with Crippen LogP contribution in [0.2, 0.25) is 0 Å². The van der Waals surface area contributed by atoms with Crippen LogP contribution in [0.1, 0.15) is 53.5 Å². The third-order valence-corrected chi connectivity index (χ3v) is 5.24. The SMILES string of the molecule is CC(C)(C)O[Si](O)(/C=C/CCOCc1ccccc1)OC(C)(C)C. The lowest BCUT2D eigenvalue weighted by molar-refractivity contribution is -0.0182. The molecule has 0 saturated carbocycles. The summed E-state index contributed by atoms with van der Waals surface area (Å²) in [7, 11) is -3.38. The number of hydrogen-bond acceptors (Lipinski definition) is 4. The van der Waals surface area contributed by atoms with Crippen molar-refractivity contribution in [2.45, 2.75) is 65.8 Å². The van der Waals surface area contributed by atoms with Gasteiger partial charge in [0.15, 0.2) is 0 Å². The van der Waals surface area contributed by atoms with E-state index in [1.165, 1.54) is 0 Å². The number of ether oxygens (including phenoxy) is 1. The van der Waals surface area contributed by atoms with Crippen molar-refractivity contribution >= 4 is 8.80 Å². The van der Waals surface area contributed by atoms with Gasteiger partial charge in [-0.3, -0.25) is 0 Å². The summed E-state index contributed by atoms with van der Waals surface area (Å²) >= 11 is 0. The fourth-order valence-electron chi connectivity index (χ4n) is 2.11. The molecule has 136 valence electrons. The molecule has 0 atom stereocenters. The van der Waals surface area contributed by atoms with Gasteiger partial charge in [-0.15, -0.1) is 0 Å². The Morgan fingerprint density at radius 2 is 1.50 bits per heavy atom. The van der Waals surface area contributed by atoms with Crippen LogP contribution < -0.4 is 0 Å². The van der Waals surface area contributed by atoms with Gasteiger partial charge in [0.1, 0.15) is 0 Å². The zero-order chi connectivity index (χ0) is 18.3. The van der Waals surface area contributed by atoms with E-state index in [-0.39, 0.29) is 0 Å². The van der Waals surface area contributed by atoms with Gasteiger partial charge in [-0.25, -0.2) is 0 Å². The normalized spacial score (nSPS) is 13.6. The molecule has 4 nitrogen and oxygen atoms in total. The average molecular weight is 353 g/mol. The Hall–Kier alpha value is -0.983. The van der Waals surface area contributed by atoms with E-state index in [0.29, 0.717) is 19.6 Å². The highest BCUT2D eigenvalue weighted by Crippen LogP contribution is 2.22. The van der Waals surface area contributed by atoms with Crippen molar-refractivity contribution in [3.8, 4) is 0 Å². The Balaban J connectivity index is 2.49. The summed E-state index contributed by atoms with van der Waals surface area (Å²) in [4.78, 5) is 10.8. The third kappa shape index (κ3) is 10.0. The van der Waals surface area contributed by atoms with E-state index >= 15 is 0 Å². The van der Waals surface area contributed by atoms with Gasteiger partial charge in [0.2, 0.25) is 0 Å². The average Bonchev–Trinajstić information content (AvgIpc) is 2.39. The molecule has 0 aliphatic rings. The highest BCUT2D eigenvalue weighted by Gasteiger charge is 2.41. The maximum Gasteiger partial charge on any atom is 0.527 e. The van der Waals surface area contributed by atoms with Crippen LogP contribution in [0.25, 0.3) is 0 Å². The zero-order valence-electron chi connectivity index (χ0n) is 15.8. The molecule has 5 heteroatoms. The lowest BCUT2D eigenvalue weighted by Crippen LogP contribution is -2.50. The molecule has 1 N–H and O–H groups in total. The first-order chi connectivity index (χ1) is 11.0. The highest BCUT2D eigenvalue weighted by molar-refractivity contribution is 6.65. The van der Waals surface area contributed by atoms with Crippen molar-refractivity contribution in [3.05, 3.63) is 47.7 Å². The Morgan fingerprint density at radius 3 is 2.00 bits per heavy atom. The number of benzene rings is 1. The molecule has 0 fully saturated rings. The summed E-state index contributed by atoms with van der Waals surface area (Å²) in [6.07, 6.45) is 2.58. The van der Waals surface area contributed by atoms with Gasteiger partial charge in [0.05, 0.1) is 24.4 Å². The third-order valence-electron chi connectivity index (χ3n) is 2.77. The van der Waals surface area contributed by atoms with Gasteiger partial charge in [0, 0.05) is 0 Å². The minimum atomic E-state index is -3.38. The molecule has 0 unspecified atom stereocenters. The first kappa shape index (κ1) is 21.1. The van der Waals surface area contributed by atoms with Crippen LogP contribution >= 0.6 is 0 Å². The lowest BCUT2D eigenvalue weighted by atomic mass is 10.2. The second-order valence-electron chi connectivity index (χ2n) is 7.79. The van der Waals surface area contributed by atoms with Crippen molar-refractivity contribution in [3.63, 3.8) is 0 Å². The molecule has 1 rings (SSSR count). The van der Waals surface area contributed by atoms with Crippen molar-refractivity contribution in [1.29, 1.82) is 0 Å². The standard InChI is InChI=1S/C19H32O4Si/c1-18(2,3)22-24(20,23-19(4,5)6)15-11-10-14-21-16-17-12-8-7-9-13-17/h7-9,11-13,15,20H,10,14,16H2,1-6H3/b15-11+. The van der Waals surface area contributed by atoms with E-state index in [0.717, 1.165) is 5.56 Å². The molecule has 1 aromatic carbocycles. The minimum absolute atomic E-state index is 0.472. The molecule has 0 aliphatic heterocycles. The van der Waals surface area contributed by atoms with Crippen LogP contribution in [0, 0.1) is 0 Å². The van der Waals surface area contributed by atoms with Crippen LogP contribution in [0.4, 0.5) is 0 Å². The highest BCUT2D eigenvalue weighted by atomic mass is 28.4. The molecule has 0 bridgehead atoms. The van der Waals surface area contributed by atoms with E-state index in [1.807, 2.05) is 78.0 Å². The Morgan fingerprint density at radius 1 is 0.958 bits per heavy atom. The summed E-state index contributed by atoms with van der Waals surface area (Å²) < 4.78 is 17.3. The molecule has 0 aliphatic carbocycles. The molecule has 0 heterocycles. The van der Waals surface area contributed by atoms with Crippen molar-refractivity contribution < 1.29 is 18.4 Å². The van der Waals surface area contributed by atoms with Crippen LogP contribution in [0.5, 0.6) is 0 Å². The molecule has 0 amide bonds. The molecule has 0 spiro atoms. The maximum atomic E-state index is 10.8. The molecular formula is C19H32O4Si. The molecule has 24 heavy (non-hydrogen) atoms.